The van der Waals surface area contributed by atoms with Gasteiger partial charge in [-0.1, -0.05) is 0 Å². The first kappa shape index (κ1) is 21.5. The lowest BCUT2D eigenvalue weighted by atomic mass is 10.00. The van der Waals surface area contributed by atoms with Crippen LogP contribution in [0.1, 0.15) is 53.4 Å². The second-order valence-corrected chi connectivity index (χ2v) is 7.06. The van der Waals surface area contributed by atoms with Crippen molar-refractivity contribution in [2.24, 2.45) is 4.99 Å². The molecule has 0 unspecified atom stereocenters. The molecule has 0 bridgehead atoms. The molecular weight excluding hydrogens is 363 g/mol. The maximum atomic E-state index is 5.85. The van der Waals surface area contributed by atoms with Gasteiger partial charge in [0.1, 0.15) is 11.4 Å². The standard InChI is InChI=1S/C19H26Cl2N2.ClH/c1-12-16(7-5-9-20)14(3)22-18(12)11-19-13(2)17(8-6-10-21)15(4)23-19;/h11,22H,5-10H2,1-4H3;1H/b19-11+;. The Kier molecular flexibility index (Phi) is 8.80. The van der Waals surface area contributed by atoms with E-state index in [9.17, 15) is 0 Å². The van der Waals surface area contributed by atoms with Crippen molar-refractivity contribution in [1.29, 1.82) is 0 Å². The lowest BCUT2D eigenvalue weighted by molar-refractivity contribution is -0.546. The second-order valence-electron chi connectivity index (χ2n) is 6.30. The predicted octanol–water partition coefficient (Wildman–Crippen LogP) is 1.83. The fourth-order valence-electron chi connectivity index (χ4n) is 3.33. The fourth-order valence-corrected chi connectivity index (χ4v) is 3.60. The van der Waals surface area contributed by atoms with Crippen LogP contribution in [0.25, 0.3) is 0 Å². The first-order chi connectivity index (χ1) is 11.0. The van der Waals surface area contributed by atoms with Crippen molar-refractivity contribution in [2.45, 2.75) is 53.4 Å². The molecule has 0 aromatic rings. The van der Waals surface area contributed by atoms with E-state index in [4.69, 9.17) is 28.2 Å². The average Bonchev–Trinajstić information content (AvgIpc) is 2.93. The lowest BCUT2D eigenvalue weighted by Gasteiger charge is -2.03. The first-order valence-electron chi connectivity index (χ1n) is 8.34. The summed E-state index contributed by atoms with van der Waals surface area (Å²) in [6, 6.07) is 0. The number of alkyl halides is 2. The maximum absolute atomic E-state index is 5.85. The highest BCUT2D eigenvalue weighted by Gasteiger charge is 2.24. The molecule has 0 saturated heterocycles. The Morgan fingerprint density at radius 2 is 1.50 bits per heavy atom. The van der Waals surface area contributed by atoms with Gasteiger partial charge in [-0.25, -0.2) is 0 Å². The maximum Gasteiger partial charge on any atom is 0.139 e. The minimum Gasteiger partial charge on any atom is -1.00 e. The molecule has 2 N–H and O–H groups in total. The molecule has 2 nitrogen and oxygen atoms in total. The zero-order valence-corrected chi connectivity index (χ0v) is 17.2. The summed E-state index contributed by atoms with van der Waals surface area (Å²) in [5.74, 6) is 1.42. The summed E-state index contributed by atoms with van der Waals surface area (Å²) in [6.07, 6.45) is 6.34. The molecule has 2 aliphatic rings. The van der Waals surface area contributed by atoms with Gasteiger partial charge in [-0.15, -0.1) is 23.2 Å². The van der Waals surface area contributed by atoms with Crippen LogP contribution >= 0.6 is 23.2 Å². The third-order valence-electron chi connectivity index (χ3n) is 4.71. The van der Waals surface area contributed by atoms with Gasteiger partial charge in [0, 0.05) is 41.6 Å². The molecule has 0 saturated carbocycles. The quantitative estimate of drug-likeness (QED) is 0.644. The van der Waals surface area contributed by atoms with E-state index in [1.54, 1.807) is 0 Å². The average molecular weight is 390 g/mol. The highest BCUT2D eigenvalue weighted by Crippen LogP contribution is 2.30. The topological polar surface area (TPSA) is 29.0 Å². The zero-order valence-electron chi connectivity index (χ0n) is 15.0. The van der Waals surface area contributed by atoms with E-state index in [1.165, 1.54) is 33.7 Å². The largest absolute Gasteiger partial charge is 1.00 e. The summed E-state index contributed by atoms with van der Waals surface area (Å²) in [7, 11) is 0. The van der Waals surface area contributed by atoms with Crippen molar-refractivity contribution in [1.82, 2.24) is 0 Å². The molecule has 0 spiro atoms. The van der Waals surface area contributed by atoms with Crippen LogP contribution in [-0.4, -0.2) is 17.5 Å². The van der Waals surface area contributed by atoms with Crippen molar-refractivity contribution in [2.75, 3.05) is 11.8 Å². The van der Waals surface area contributed by atoms with E-state index < -0.39 is 0 Å². The SMILES string of the molecule is CC1=N/C(=C/C2=C(C)C(CCCCl)=C(C)[NH2+]2)C(C)=C1CCCCl.[Cl-]. The van der Waals surface area contributed by atoms with Crippen molar-refractivity contribution in [3.05, 3.63) is 45.5 Å². The summed E-state index contributed by atoms with van der Waals surface area (Å²) >= 11 is 11.7. The van der Waals surface area contributed by atoms with E-state index in [0.717, 1.165) is 43.0 Å². The lowest BCUT2D eigenvalue weighted by Crippen LogP contribution is -3.00. The number of quaternary nitrogens is 1. The van der Waals surface area contributed by atoms with Crippen molar-refractivity contribution >= 4 is 28.9 Å². The van der Waals surface area contributed by atoms with E-state index in [2.05, 4.69) is 39.1 Å². The Morgan fingerprint density at radius 3 is 2.08 bits per heavy atom. The van der Waals surface area contributed by atoms with Gasteiger partial charge in [0.05, 0.1) is 5.70 Å². The van der Waals surface area contributed by atoms with Gasteiger partial charge in [0.2, 0.25) is 0 Å². The van der Waals surface area contributed by atoms with Crippen LogP contribution in [0.4, 0.5) is 0 Å². The smallest absolute Gasteiger partial charge is 0.139 e. The van der Waals surface area contributed by atoms with Crippen LogP contribution in [0.15, 0.2) is 50.5 Å². The molecule has 0 atom stereocenters. The number of halogens is 3. The van der Waals surface area contributed by atoms with Crippen molar-refractivity contribution < 1.29 is 17.7 Å². The molecule has 5 heteroatoms. The highest BCUT2D eigenvalue weighted by molar-refractivity contribution is 6.18. The molecule has 0 aliphatic carbocycles. The Bertz CT molecular complexity index is 637. The highest BCUT2D eigenvalue weighted by atomic mass is 35.5. The van der Waals surface area contributed by atoms with E-state index in [0.29, 0.717) is 5.88 Å². The van der Waals surface area contributed by atoms with Crippen LogP contribution in [0, 0.1) is 0 Å². The zero-order chi connectivity index (χ0) is 17.0. The summed E-state index contributed by atoms with van der Waals surface area (Å²) in [6.45, 7) is 8.68. The van der Waals surface area contributed by atoms with Gasteiger partial charge >= 0.3 is 0 Å². The number of nitrogens with zero attached hydrogens (tertiary/aromatic N) is 1. The molecule has 0 fully saturated rings. The molecule has 2 heterocycles. The van der Waals surface area contributed by atoms with Gasteiger partial charge in [-0.05, 0) is 57.6 Å². The molecule has 0 aromatic carbocycles. The first-order valence-corrected chi connectivity index (χ1v) is 9.41. The predicted molar refractivity (Wildman–Crippen MR) is 101 cm³/mol. The molecular formula is C19H27Cl3N2. The fraction of sp³-hybridized carbons (Fsp3) is 0.526. The molecule has 0 radical (unpaired) electrons. The third-order valence-corrected chi connectivity index (χ3v) is 5.24. The van der Waals surface area contributed by atoms with Crippen LogP contribution < -0.4 is 17.7 Å². The van der Waals surface area contributed by atoms with Crippen LogP contribution in [0.2, 0.25) is 0 Å². The number of hydrogen-bond donors (Lipinski definition) is 1. The van der Waals surface area contributed by atoms with Crippen LogP contribution in [0.3, 0.4) is 0 Å². The van der Waals surface area contributed by atoms with Crippen LogP contribution in [0.5, 0.6) is 0 Å². The number of aliphatic imine (C=N–C) groups is 1. The summed E-state index contributed by atoms with van der Waals surface area (Å²) in [4.78, 5) is 4.78. The number of rotatable bonds is 7. The molecule has 134 valence electrons. The minimum atomic E-state index is 0. The van der Waals surface area contributed by atoms with Crippen molar-refractivity contribution in [3.63, 3.8) is 0 Å². The van der Waals surface area contributed by atoms with Gasteiger partial charge in [-0.3, -0.25) is 10.3 Å². The molecule has 24 heavy (non-hydrogen) atoms. The van der Waals surface area contributed by atoms with E-state index in [1.807, 2.05) is 0 Å². The Morgan fingerprint density at radius 1 is 0.917 bits per heavy atom. The summed E-state index contributed by atoms with van der Waals surface area (Å²) < 4.78 is 0. The number of hydrogen-bond acceptors (Lipinski definition) is 1. The Hall–Kier alpha value is -0.540. The Labute approximate surface area is 162 Å². The molecule has 2 aliphatic heterocycles. The molecule has 0 aromatic heterocycles. The molecule has 0 amide bonds. The monoisotopic (exact) mass is 388 g/mol. The minimum absolute atomic E-state index is 0. The van der Waals surface area contributed by atoms with Crippen molar-refractivity contribution in [3.8, 4) is 0 Å². The third kappa shape index (κ3) is 4.76. The summed E-state index contributed by atoms with van der Waals surface area (Å²) in [5.41, 5.74) is 10.4. The van der Waals surface area contributed by atoms with Crippen LogP contribution in [-0.2, 0) is 0 Å². The Balaban J connectivity index is 0.00000288. The van der Waals surface area contributed by atoms with E-state index >= 15 is 0 Å². The van der Waals surface area contributed by atoms with Gasteiger partial charge in [0.15, 0.2) is 0 Å². The second kappa shape index (κ2) is 9.82. The number of nitrogens with two attached hydrogens (primary N) is 1. The number of allylic oxidation sites excluding steroid dienone is 6. The molecule has 2 rings (SSSR count). The van der Waals surface area contributed by atoms with Gasteiger partial charge in [-0.2, -0.15) is 0 Å². The van der Waals surface area contributed by atoms with E-state index in [-0.39, 0.29) is 12.4 Å². The normalized spacial score (nSPS) is 19.6. The summed E-state index contributed by atoms with van der Waals surface area (Å²) in [5, 5.41) is 2.28. The van der Waals surface area contributed by atoms with Gasteiger partial charge < -0.3 is 12.4 Å². The van der Waals surface area contributed by atoms with Gasteiger partial charge in [0.25, 0.3) is 0 Å².